The average molecular weight is 310 g/mol. The Morgan fingerprint density at radius 1 is 1.19 bits per heavy atom. The van der Waals surface area contributed by atoms with Gasteiger partial charge in [-0.25, -0.2) is 13.2 Å². The molecule has 0 saturated carbocycles. The van der Waals surface area contributed by atoms with Crippen LogP contribution >= 0.6 is 0 Å². The van der Waals surface area contributed by atoms with Gasteiger partial charge in [-0.15, -0.1) is 0 Å². The third kappa shape index (κ3) is 3.32. The first-order chi connectivity index (χ1) is 9.82. The molecule has 1 N–H and O–H groups in total. The van der Waals surface area contributed by atoms with Gasteiger partial charge < -0.3 is 14.3 Å². The average Bonchev–Trinajstić information content (AvgIpc) is 2.94. The van der Waals surface area contributed by atoms with E-state index < -0.39 is 21.9 Å². The highest BCUT2D eigenvalue weighted by molar-refractivity contribution is 7.90. The standard InChI is InChI=1S/C14H14O6S/c1-19-14(16)12-8-7-11(20-12)13(15)9-3-5-10(6-4-9)21(2,17)18/h3-8,13,15H,1-2H3. The minimum absolute atomic E-state index is 0.0145. The summed E-state index contributed by atoms with van der Waals surface area (Å²) in [5, 5.41) is 10.2. The van der Waals surface area contributed by atoms with Crippen molar-refractivity contribution < 1.29 is 27.5 Å². The van der Waals surface area contributed by atoms with E-state index in [1.165, 1.54) is 43.5 Å². The predicted molar refractivity (Wildman–Crippen MR) is 73.7 cm³/mol. The number of aliphatic hydroxyl groups excluding tert-OH is 1. The number of aliphatic hydroxyl groups is 1. The lowest BCUT2D eigenvalue weighted by molar-refractivity contribution is 0.0558. The Bertz CT molecular complexity index is 742. The maximum Gasteiger partial charge on any atom is 0.373 e. The summed E-state index contributed by atoms with van der Waals surface area (Å²) in [5.74, 6) is -0.484. The minimum Gasteiger partial charge on any atom is -0.463 e. The molecule has 1 aromatic heterocycles. The Hall–Kier alpha value is -2.12. The fourth-order valence-electron chi connectivity index (χ4n) is 1.77. The number of ether oxygens (including phenoxy) is 1. The molecule has 6 nitrogen and oxygen atoms in total. The molecule has 0 fully saturated rings. The number of rotatable bonds is 4. The SMILES string of the molecule is COC(=O)c1ccc(C(O)c2ccc(S(C)(=O)=O)cc2)o1. The molecule has 2 rings (SSSR count). The van der Waals surface area contributed by atoms with Gasteiger partial charge in [0.05, 0.1) is 12.0 Å². The number of benzene rings is 1. The summed E-state index contributed by atoms with van der Waals surface area (Å²) in [6, 6.07) is 8.63. The Morgan fingerprint density at radius 2 is 1.81 bits per heavy atom. The molecule has 0 bridgehead atoms. The van der Waals surface area contributed by atoms with Crippen molar-refractivity contribution in [2.45, 2.75) is 11.0 Å². The quantitative estimate of drug-likeness (QED) is 0.861. The molecule has 1 unspecified atom stereocenters. The summed E-state index contributed by atoms with van der Waals surface area (Å²) in [4.78, 5) is 11.4. The van der Waals surface area contributed by atoms with Crippen LogP contribution in [0, 0.1) is 0 Å². The van der Waals surface area contributed by atoms with E-state index in [4.69, 9.17) is 4.42 Å². The number of carbonyl (C=O) groups is 1. The van der Waals surface area contributed by atoms with Crippen molar-refractivity contribution in [3.8, 4) is 0 Å². The highest BCUT2D eigenvalue weighted by atomic mass is 32.2. The molecule has 112 valence electrons. The molecule has 0 aliphatic carbocycles. The lowest BCUT2D eigenvalue weighted by Gasteiger charge is -2.08. The Labute approximate surface area is 121 Å². The summed E-state index contributed by atoms with van der Waals surface area (Å²) < 4.78 is 32.4. The van der Waals surface area contributed by atoms with Gasteiger partial charge in [-0.1, -0.05) is 12.1 Å². The Kier molecular flexibility index (Phi) is 4.15. The van der Waals surface area contributed by atoms with Crippen molar-refractivity contribution >= 4 is 15.8 Å². The number of esters is 1. The summed E-state index contributed by atoms with van der Waals surface area (Å²) >= 11 is 0. The number of furan rings is 1. The number of hydrogen-bond acceptors (Lipinski definition) is 6. The molecule has 0 aliphatic rings. The highest BCUT2D eigenvalue weighted by Gasteiger charge is 2.18. The number of hydrogen-bond donors (Lipinski definition) is 1. The number of sulfone groups is 1. The molecule has 21 heavy (non-hydrogen) atoms. The molecule has 7 heteroatoms. The molecule has 1 aromatic carbocycles. The van der Waals surface area contributed by atoms with Gasteiger partial charge in [-0.05, 0) is 29.8 Å². The predicted octanol–water partition coefficient (Wildman–Crippen LogP) is 1.55. The fraction of sp³-hybridized carbons (Fsp3) is 0.214. The molecule has 0 radical (unpaired) electrons. The van der Waals surface area contributed by atoms with E-state index in [-0.39, 0.29) is 16.4 Å². The van der Waals surface area contributed by atoms with Gasteiger partial charge >= 0.3 is 5.97 Å². The van der Waals surface area contributed by atoms with Gasteiger partial charge in [0, 0.05) is 6.26 Å². The topological polar surface area (TPSA) is 93.8 Å². The first kappa shape index (κ1) is 15.3. The maximum absolute atomic E-state index is 11.4. The van der Waals surface area contributed by atoms with Crippen LogP contribution in [0.3, 0.4) is 0 Å². The van der Waals surface area contributed by atoms with Crippen LogP contribution in [0.15, 0.2) is 45.7 Å². The fourth-order valence-corrected chi connectivity index (χ4v) is 2.40. The van der Waals surface area contributed by atoms with Crippen LogP contribution in [0.1, 0.15) is 28.0 Å². The van der Waals surface area contributed by atoms with Crippen molar-refractivity contribution in [2.75, 3.05) is 13.4 Å². The minimum atomic E-state index is -3.29. The molecule has 0 aliphatic heterocycles. The van der Waals surface area contributed by atoms with Crippen LogP contribution in [0.5, 0.6) is 0 Å². The molecule has 0 spiro atoms. The second-order valence-corrected chi connectivity index (χ2v) is 6.45. The first-order valence-electron chi connectivity index (χ1n) is 5.99. The summed E-state index contributed by atoms with van der Waals surface area (Å²) in [7, 11) is -2.06. The van der Waals surface area contributed by atoms with Crippen LogP contribution in [0.4, 0.5) is 0 Å². The molecular weight excluding hydrogens is 296 g/mol. The lowest BCUT2D eigenvalue weighted by Crippen LogP contribution is -2.01. The van der Waals surface area contributed by atoms with Crippen molar-refractivity contribution in [1.29, 1.82) is 0 Å². The van der Waals surface area contributed by atoms with Crippen LogP contribution in [-0.4, -0.2) is 32.9 Å². The van der Waals surface area contributed by atoms with E-state index >= 15 is 0 Å². The summed E-state index contributed by atoms with van der Waals surface area (Å²) in [6.45, 7) is 0. The van der Waals surface area contributed by atoms with E-state index in [1.807, 2.05) is 0 Å². The summed E-state index contributed by atoms with van der Waals surface area (Å²) in [6.07, 6.45) is 0.00478. The van der Waals surface area contributed by atoms with E-state index in [1.54, 1.807) is 0 Å². The van der Waals surface area contributed by atoms with Crippen LogP contribution in [-0.2, 0) is 14.6 Å². The van der Waals surface area contributed by atoms with Gasteiger partial charge in [0.15, 0.2) is 9.84 Å². The zero-order valence-electron chi connectivity index (χ0n) is 11.4. The number of carbonyl (C=O) groups excluding carboxylic acids is 1. The first-order valence-corrected chi connectivity index (χ1v) is 7.88. The van der Waals surface area contributed by atoms with Gasteiger partial charge in [0.2, 0.25) is 5.76 Å². The zero-order chi connectivity index (χ0) is 15.6. The van der Waals surface area contributed by atoms with E-state index in [0.29, 0.717) is 5.56 Å². The van der Waals surface area contributed by atoms with Gasteiger partial charge in [0.1, 0.15) is 11.9 Å². The molecule has 0 saturated heterocycles. The molecule has 1 heterocycles. The molecule has 1 atom stereocenters. The molecule has 0 amide bonds. The maximum atomic E-state index is 11.4. The summed E-state index contributed by atoms with van der Waals surface area (Å²) in [5.41, 5.74) is 0.452. The Morgan fingerprint density at radius 3 is 2.33 bits per heavy atom. The zero-order valence-corrected chi connectivity index (χ0v) is 12.3. The normalized spacial score (nSPS) is 12.9. The van der Waals surface area contributed by atoms with Crippen molar-refractivity contribution in [1.82, 2.24) is 0 Å². The third-order valence-electron chi connectivity index (χ3n) is 2.91. The monoisotopic (exact) mass is 310 g/mol. The second kappa shape index (κ2) is 5.71. The lowest BCUT2D eigenvalue weighted by atomic mass is 10.1. The van der Waals surface area contributed by atoms with Gasteiger partial charge in [-0.3, -0.25) is 0 Å². The van der Waals surface area contributed by atoms with E-state index in [2.05, 4.69) is 4.74 Å². The molecule has 2 aromatic rings. The third-order valence-corrected chi connectivity index (χ3v) is 4.04. The van der Waals surface area contributed by atoms with Gasteiger partial charge in [-0.2, -0.15) is 0 Å². The van der Waals surface area contributed by atoms with Crippen molar-refractivity contribution in [3.05, 3.63) is 53.5 Å². The molecular formula is C14H14O6S. The largest absolute Gasteiger partial charge is 0.463 e. The Balaban J connectivity index is 2.26. The second-order valence-electron chi connectivity index (χ2n) is 4.44. The highest BCUT2D eigenvalue weighted by Crippen LogP contribution is 2.25. The van der Waals surface area contributed by atoms with Crippen LogP contribution in [0.2, 0.25) is 0 Å². The van der Waals surface area contributed by atoms with E-state index in [0.717, 1.165) is 6.26 Å². The van der Waals surface area contributed by atoms with Crippen molar-refractivity contribution in [2.24, 2.45) is 0 Å². The van der Waals surface area contributed by atoms with Gasteiger partial charge in [0.25, 0.3) is 0 Å². The smallest absolute Gasteiger partial charge is 0.373 e. The van der Waals surface area contributed by atoms with E-state index in [9.17, 15) is 18.3 Å². The number of methoxy groups -OCH3 is 1. The van der Waals surface area contributed by atoms with Crippen LogP contribution < -0.4 is 0 Å². The van der Waals surface area contributed by atoms with Crippen molar-refractivity contribution in [3.63, 3.8) is 0 Å². The van der Waals surface area contributed by atoms with Crippen LogP contribution in [0.25, 0.3) is 0 Å².